The number of hydrogen-bond donors (Lipinski definition) is 1. The molecule has 1 N–H and O–H groups in total. The lowest BCUT2D eigenvalue weighted by Gasteiger charge is -2.17. The van der Waals surface area contributed by atoms with Crippen LogP contribution in [0, 0.1) is 12.7 Å². The van der Waals surface area contributed by atoms with E-state index in [2.05, 4.69) is 0 Å². The van der Waals surface area contributed by atoms with Gasteiger partial charge in [0.25, 0.3) is 0 Å². The van der Waals surface area contributed by atoms with Gasteiger partial charge >= 0.3 is 0 Å². The molecule has 1 aromatic rings. The van der Waals surface area contributed by atoms with E-state index in [-0.39, 0.29) is 22.1 Å². The van der Waals surface area contributed by atoms with Crippen LogP contribution in [0.15, 0.2) is 17.0 Å². The number of sulfonamides is 1. The van der Waals surface area contributed by atoms with Crippen LogP contribution < -0.4 is 0 Å². The lowest BCUT2D eigenvalue weighted by Crippen LogP contribution is -2.30. The zero-order chi connectivity index (χ0) is 14.9. The summed E-state index contributed by atoms with van der Waals surface area (Å²) in [5, 5.41) is 9.11. The first-order valence-corrected chi connectivity index (χ1v) is 7.77. The van der Waals surface area contributed by atoms with Crippen LogP contribution in [0.5, 0.6) is 0 Å². The highest BCUT2D eigenvalue weighted by Crippen LogP contribution is 2.25. The van der Waals surface area contributed by atoms with Gasteiger partial charge in [-0.1, -0.05) is 0 Å². The average Bonchev–Trinajstić information content (AvgIpc) is 2.91. The third-order valence-corrected chi connectivity index (χ3v) is 5.40. The number of benzene rings is 1. The first-order valence-electron chi connectivity index (χ1n) is 6.33. The van der Waals surface area contributed by atoms with E-state index in [0.717, 1.165) is 0 Å². The number of nitrogens with zero attached hydrogens (tertiary/aromatic N) is 1. The van der Waals surface area contributed by atoms with Gasteiger partial charge in [0.05, 0.1) is 17.6 Å². The van der Waals surface area contributed by atoms with Gasteiger partial charge in [0.1, 0.15) is 5.82 Å². The van der Waals surface area contributed by atoms with E-state index in [1.165, 1.54) is 23.4 Å². The van der Waals surface area contributed by atoms with Crippen molar-refractivity contribution >= 4 is 10.0 Å². The number of hydrogen-bond acceptors (Lipinski definition) is 4. The predicted octanol–water partition coefficient (Wildman–Crippen LogP) is 1.04. The van der Waals surface area contributed by atoms with Crippen molar-refractivity contribution in [2.45, 2.75) is 31.0 Å². The fraction of sp³-hybridized carbons (Fsp3) is 0.538. The van der Waals surface area contributed by atoms with Crippen LogP contribution in [0.2, 0.25) is 0 Å². The summed E-state index contributed by atoms with van der Waals surface area (Å²) in [5.41, 5.74) is 0.198. The minimum absolute atomic E-state index is 0.00827. The highest BCUT2D eigenvalue weighted by Gasteiger charge is 2.33. The molecular weight excluding hydrogens is 285 g/mol. The topological polar surface area (TPSA) is 66.8 Å². The second-order valence-corrected chi connectivity index (χ2v) is 6.82. The minimum atomic E-state index is -3.68. The molecule has 1 unspecified atom stereocenters. The Balaban J connectivity index is 2.38. The SMILES string of the molecule is COC1CCN(S(=O)(=O)c2cc(C)c(F)c(CO)c2)C1. The molecule has 0 bridgehead atoms. The summed E-state index contributed by atoms with van der Waals surface area (Å²) in [5.74, 6) is -0.567. The van der Waals surface area contributed by atoms with Gasteiger partial charge in [0, 0.05) is 25.8 Å². The molecule has 0 spiro atoms. The Morgan fingerprint density at radius 3 is 2.75 bits per heavy atom. The second-order valence-electron chi connectivity index (χ2n) is 4.88. The molecule has 1 atom stereocenters. The Bertz CT molecular complexity index is 603. The van der Waals surface area contributed by atoms with Gasteiger partial charge in [-0.05, 0) is 31.0 Å². The van der Waals surface area contributed by atoms with Gasteiger partial charge in [-0.3, -0.25) is 0 Å². The number of aliphatic hydroxyl groups excluding tert-OH is 1. The molecule has 0 aliphatic carbocycles. The number of rotatable bonds is 4. The summed E-state index contributed by atoms with van der Waals surface area (Å²) in [6.45, 7) is 1.63. The maximum absolute atomic E-state index is 13.7. The van der Waals surface area contributed by atoms with E-state index in [0.29, 0.717) is 19.5 Å². The van der Waals surface area contributed by atoms with Gasteiger partial charge in [-0.15, -0.1) is 0 Å². The molecule has 5 nitrogen and oxygen atoms in total. The third kappa shape index (κ3) is 2.71. The van der Waals surface area contributed by atoms with E-state index in [1.54, 1.807) is 7.11 Å². The van der Waals surface area contributed by atoms with Gasteiger partial charge in [0.15, 0.2) is 0 Å². The molecule has 2 rings (SSSR count). The Morgan fingerprint density at radius 1 is 1.50 bits per heavy atom. The van der Waals surface area contributed by atoms with E-state index in [1.807, 2.05) is 0 Å². The highest BCUT2D eigenvalue weighted by atomic mass is 32.2. The van der Waals surface area contributed by atoms with Crippen molar-refractivity contribution in [1.29, 1.82) is 0 Å². The van der Waals surface area contributed by atoms with Gasteiger partial charge in [-0.2, -0.15) is 4.31 Å². The quantitative estimate of drug-likeness (QED) is 0.902. The molecule has 0 amide bonds. The van der Waals surface area contributed by atoms with Crippen molar-refractivity contribution in [3.63, 3.8) is 0 Å². The molecule has 1 saturated heterocycles. The zero-order valence-corrected chi connectivity index (χ0v) is 12.3. The van der Waals surface area contributed by atoms with E-state index >= 15 is 0 Å². The molecule has 1 aliphatic heterocycles. The highest BCUT2D eigenvalue weighted by molar-refractivity contribution is 7.89. The lowest BCUT2D eigenvalue weighted by molar-refractivity contribution is 0.115. The average molecular weight is 303 g/mol. The molecule has 1 heterocycles. The molecule has 1 aliphatic rings. The summed E-state index contributed by atoms with van der Waals surface area (Å²) in [7, 11) is -2.13. The Kier molecular flexibility index (Phi) is 4.43. The van der Waals surface area contributed by atoms with Gasteiger partial charge < -0.3 is 9.84 Å². The standard InChI is InChI=1S/C13H18FNO4S/c1-9-5-12(6-10(8-16)13(9)14)20(17,18)15-4-3-11(7-15)19-2/h5-6,11,16H,3-4,7-8H2,1-2H3. The third-order valence-electron chi connectivity index (χ3n) is 3.55. The molecule has 0 saturated carbocycles. The van der Waals surface area contributed by atoms with Crippen molar-refractivity contribution in [2.75, 3.05) is 20.2 Å². The van der Waals surface area contributed by atoms with Crippen LogP contribution in [-0.2, 0) is 21.4 Å². The molecule has 20 heavy (non-hydrogen) atoms. The molecule has 0 aromatic heterocycles. The lowest BCUT2D eigenvalue weighted by atomic mass is 10.1. The molecule has 7 heteroatoms. The molecule has 112 valence electrons. The second kappa shape index (κ2) is 5.77. The number of ether oxygens (including phenoxy) is 1. The Hall–Kier alpha value is -1.02. The van der Waals surface area contributed by atoms with E-state index in [9.17, 15) is 12.8 Å². The number of aryl methyl sites for hydroxylation is 1. The molecule has 0 radical (unpaired) electrons. The zero-order valence-electron chi connectivity index (χ0n) is 11.5. The van der Waals surface area contributed by atoms with Crippen molar-refractivity contribution in [2.24, 2.45) is 0 Å². The summed E-state index contributed by atoms with van der Waals surface area (Å²) < 4.78 is 45.1. The van der Waals surface area contributed by atoms with Crippen LogP contribution in [0.1, 0.15) is 17.5 Å². The number of aliphatic hydroxyl groups is 1. The van der Waals surface area contributed by atoms with Crippen LogP contribution in [0.4, 0.5) is 4.39 Å². The first-order chi connectivity index (χ1) is 9.40. The van der Waals surface area contributed by atoms with E-state index < -0.39 is 22.4 Å². The fourth-order valence-electron chi connectivity index (χ4n) is 2.33. The first kappa shape index (κ1) is 15.4. The summed E-state index contributed by atoms with van der Waals surface area (Å²) in [6.07, 6.45) is 0.534. The summed E-state index contributed by atoms with van der Waals surface area (Å²) in [6, 6.07) is 2.49. The van der Waals surface area contributed by atoms with Gasteiger partial charge in [0.2, 0.25) is 10.0 Å². The van der Waals surface area contributed by atoms with Crippen LogP contribution in [-0.4, -0.2) is 44.1 Å². The van der Waals surface area contributed by atoms with Gasteiger partial charge in [-0.25, -0.2) is 12.8 Å². The fourth-order valence-corrected chi connectivity index (χ4v) is 3.95. The summed E-state index contributed by atoms with van der Waals surface area (Å²) >= 11 is 0. The molecule has 1 aromatic carbocycles. The van der Waals surface area contributed by atoms with E-state index in [4.69, 9.17) is 9.84 Å². The van der Waals surface area contributed by atoms with Crippen LogP contribution in [0.3, 0.4) is 0 Å². The normalized spacial score (nSPS) is 20.5. The Morgan fingerprint density at radius 2 is 2.20 bits per heavy atom. The predicted molar refractivity (Wildman–Crippen MR) is 71.2 cm³/mol. The largest absolute Gasteiger partial charge is 0.392 e. The maximum Gasteiger partial charge on any atom is 0.243 e. The van der Waals surface area contributed by atoms with Crippen molar-refractivity contribution in [1.82, 2.24) is 4.31 Å². The smallest absolute Gasteiger partial charge is 0.243 e. The monoisotopic (exact) mass is 303 g/mol. The molecular formula is C13H18FNO4S. The Labute approximate surface area is 118 Å². The van der Waals surface area contributed by atoms with Crippen molar-refractivity contribution < 1.29 is 22.7 Å². The van der Waals surface area contributed by atoms with Crippen molar-refractivity contribution in [3.05, 3.63) is 29.1 Å². The van der Waals surface area contributed by atoms with Crippen LogP contribution >= 0.6 is 0 Å². The van der Waals surface area contributed by atoms with Crippen molar-refractivity contribution in [3.8, 4) is 0 Å². The number of halogens is 1. The molecule has 1 fully saturated rings. The summed E-state index contributed by atoms with van der Waals surface area (Å²) in [4.78, 5) is 0.0113. The maximum atomic E-state index is 13.7. The minimum Gasteiger partial charge on any atom is -0.392 e. The number of methoxy groups -OCH3 is 1. The van der Waals surface area contributed by atoms with Crippen LogP contribution in [0.25, 0.3) is 0 Å².